The third-order valence-corrected chi connectivity index (χ3v) is 3.71. The van der Waals surface area contributed by atoms with Crippen molar-refractivity contribution in [3.63, 3.8) is 0 Å². The Balaban J connectivity index is 1.92. The van der Waals surface area contributed by atoms with Crippen molar-refractivity contribution >= 4 is 5.97 Å². The van der Waals surface area contributed by atoms with Crippen LogP contribution in [-0.4, -0.2) is 11.1 Å². The maximum absolute atomic E-state index is 11.1. The number of benzene rings is 3. The lowest BCUT2D eigenvalue weighted by molar-refractivity contribution is 0.0697. The average Bonchev–Trinajstić information content (AvgIpc) is 2.56. The molecule has 3 aromatic rings. The van der Waals surface area contributed by atoms with Crippen LogP contribution >= 0.6 is 0 Å². The van der Waals surface area contributed by atoms with E-state index < -0.39 is 5.97 Å². The fraction of sp³-hybridized carbons (Fsp3) is 0.0500. The van der Waals surface area contributed by atoms with Gasteiger partial charge in [-0.2, -0.15) is 0 Å². The first kappa shape index (κ1) is 14.1. The van der Waals surface area contributed by atoms with Crippen molar-refractivity contribution in [3.05, 3.63) is 83.9 Å². The summed E-state index contributed by atoms with van der Waals surface area (Å²) in [6.07, 6.45) is 0. The van der Waals surface area contributed by atoms with E-state index in [1.54, 1.807) is 18.2 Å². The number of hydrogen-bond donors (Lipinski definition) is 1. The van der Waals surface area contributed by atoms with Gasteiger partial charge in [0, 0.05) is 0 Å². The van der Waals surface area contributed by atoms with Gasteiger partial charge in [-0.05, 0) is 41.3 Å². The maximum atomic E-state index is 11.1. The molecule has 0 saturated carbocycles. The van der Waals surface area contributed by atoms with Gasteiger partial charge in [-0.25, -0.2) is 4.79 Å². The highest BCUT2D eigenvalue weighted by molar-refractivity contribution is 5.89. The summed E-state index contributed by atoms with van der Waals surface area (Å²) < 4.78 is 0. The lowest BCUT2D eigenvalue weighted by Crippen LogP contribution is -1.95. The lowest BCUT2D eigenvalue weighted by atomic mass is 9.99. The summed E-state index contributed by atoms with van der Waals surface area (Å²) in [7, 11) is 0. The van der Waals surface area contributed by atoms with Gasteiger partial charge >= 0.3 is 5.97 Å². The zero-order valence-electron chi connectivity index (χ0n) is 12.3. The standard InChI is InChI=1S/C20H16O2/c1-14-5-7-15(8-6-14)16-9-11-17(12-10-16)18-3-2-4-19(13-18)20(21)22/h2-13H,1H3,(H,21,22). The van der Waals surface area contributed by atoms with Crippen molar-refractivity contribution in [1.29, 1.82) is 0 Å². The van der Waals surface area contributed by atoms with Gasteiger partial charge in [0.05, 0.1) is 5.56 Å². The average molecular weight is 288 g/mol. The Morgan fingerprint density at radius 1 is 0.727 bits per heavy atom. The van der Waals surface area contributed by atoms with Crippen LogP contribution in [0.3, 0.4) is 0 Å². The molecule has 0 aliphatic rings. The van der Waals surface area contributed by atoms with Crippen LogP contribution < -0.4 is 0 Å². The highest BCUT2D eigenvalue weighted by Crippen LogP contribution is 2.25. The summed E-state index contributed by atoms with van der Waals surface area (Å²) in [5, 5.41) is 9.07. The van der Waals surface area contributed by atoms with E-state index in [9.17, 15) is 4.79 Å². The molecule has 0 saturated heterocycles. The molecule has 2 nitrogen and oxygen atoms in total. The Morgan fingerprint density at radius 2 is 1.23 bits per heavy atom. The third-order valence-electron chi connectivity index (χ3n) is 3.71. The van der Waals surface area contributed by atoms with Crippen LogP contribution in [0.4, 0.5) is 0 Å². The molecule has 2 heteroatoms. The van der Waals surface area contributed by atoms with Crippen molar-refractivity contribution in [1.82, 2.24) is 0 Å². The number of rotatable bonds is 3. The smallest absolute Gasteiger partial charge is 0.335 e. The molecule has 0 fully saturated rings. The van der Waals surface area contributed by atoms with E-state index in [0.29, 0.717) is 5.56 Å². The predicted molar refractivity (Wildman–Crippen MR) is 89.0 cm³/mol. The molecule has 0 heterocycles. The first-order valence-electron chi connectivity index (χ1n) is 7.14. The molecule has 0 aliphatic carbocycles. The van der Waals surface area contributed by atoms with Gasteiger partial charge in [-0.1, -0.05) is 66.2 Å². The fourth-order valence-electron chi connectivity index (χ4n) is 2.43. The molecule has 0 amide bonds. The Kier molecular flexibility index (Phi) is 3.75. The summed E-state index contributed by atoms with van der Waals surface area (Å²) in [5.41, 5.74) is 5.80. The second-order valence-electron chi connectivity index (χ2n) is 5.33. The van der Waals surface area contributed by atoms with Gasteiger partial charge in [0.15, 0.2) is 0 Å². The normalized spacial score (nSPS) is 10.4. The highest BCUT2D eigenvalue weighted by Gasteiger charge is 2.05. The zero-order valence-corrected chi connectivity index (χ0v) is 12.3. The molecule has 22 heavy (non-hydrogen) atoms. The van der Waals surface area contributed by atoms with Crippen molar-refractivity contribution < 1.29 is 9.90 Å². The molecule has 0 aromatic heterocycles. The molecule has 0 bridgehead atoms. The van der Waals surface area contributed by atoms with E-state index in [0.717, 1.165) is 16.7 Å². The zero-order chi connectivity index (χ0) is 15.5. The topological polar surface area (TPSA) is 37.3 Å². The van der Waals surface area contributed by atoms with Crippen LogP contribution in [0.1, 0.15) is 15.9 Å². The summed E-state index contributed by atoms with van der Waals surface area (Å²) in [6.45, 7) is 2.07. The molecule has 1 N–H and O–H groups in total. The summed E-state index contributed by atoms with van der Waals surface area (Å²) >= 11 is 0. The highest BCUT2D eigenvalue weighted by atomic mass is 16.4. The Hall–Kier alpha value is -2.87. The molecule has 0 atom stereocenters. The summed E-state index contributed by atoms with van der Waals surface area (Å²) in [4.78, 5) is 11.1. The minimum absolute atomic E-state index is 0.306. The maximum Gasteiger partial charge on any atom is 0.335 e. The van der Waals surface area contributed by atoms with E-state index in [2.05, 4.69) is 43.3 Å². The molecule has 0 radical (unpaired) electrons. The molecule has 3 rings (SSSR count). The monoisotopic (exact) mass is 288 g/mol. The van der Waals surface area contributed by atoms with E-state index >= 15 is 0 Å². The predicted octanol–water partition coefficient (Wildman–Crippen LogP) is 5.03. The minimum atomic E-state index is -0.905. The molecule has 0 unspecified atom stereocenters. The molecular formula is C20H16O2. The number of aromatic carboxylic acids is 1. The van der Waals surface area contributed by atoms with E-state index in [4.69, 9.17) is 5.11 Å². The van der Waals surface area contributed by atoms with Crippen molar-refractivity contribution in [2.24, 2.45) is 0 Å². The Labute approximate surface area is 129 Å². The summed E-state index contributed by atoms with van der Waals surface area (Å²) in [5.74, 6) is -0.905. The fourth-order valence-corrected chi connectivity index (χ4v) is 2.43. The number of aryl methyl sites for hydroxylation is 1. The van der Waals surface area contributed by atoms with E-state index in [-0.39, 0.29) is 0 Å². The van der Waals surface area contributed by atoms with Gasteiger partial charge in [0.25, 0.3) is 0 Å². The van der Waals surface area contributed by atoms with Crippen LogP contribution in [-0.2, 0) is 0 Å². The Morgan fingerprint density at radius 3 is 1.77 bits per heavy atom. The Bertz CT molecular complexity index is 800. The number of carboxylic acid groups (broad SMARTS) is 1. The van der Waals surface area contributed by atoms with Crippen LogP contribution in [0.25, 0.3) is 22.3 Å². The number of hydrogen-bond acceptors (Lipinski definition) is 1. The SMILES string of the molecule is Cc1ccc(-c2ccc(-c3cccc(C(=O)O)c3)cc2)cc1. The van der Waals surface area contributed by atoms with Gasteiger partial charge in [-0.3, -0.25) is 0 Å². The number of carbonyl (C=O) groups is 1. The van der Waals surface area contributed by atoms with E-state index in [1.807, 2.05) is 18.2 Å². The summed E-state index contributed by atoms with van der Waals surface area (Å²) in [6, 6.07) is 23.6. The molecular weight excluding hydrogens is 272 g/mol. The minimum Gasteiger partial charge on any atom is -0.478 e. The first-order valence-corrected chi connectivity index (χ1v) is 7.14. The molecule has 0 aliphatic heterocycles. The van der Waals surface area contributed by atoms with Crippen molar-refractivity contribution in [2.45, 2.75) is 6.92 Å². The van der Waals surface area contributed by atoms with Crippen LogP contribution in [0, 0.1) is 6.92 Å². The largest absolute Gasteiger partial charge is 0.478 e. The second kappa shape index (κ2) is 5.86. The van der Waals surface area contributed by atoms with Crippen molar-refractivity contribution in [2.75, 3.05) is 0 Å². The third kappa shape index (κ3) is 2.91. The molecule has 3 aromatic carbocycles. The van der Waals surface area contributed by atoms with Gasteiger partial charge in [0.2, 0.25) is 0 Å². The second-order valence-corrected chi connectivity index (χ2v) is 5.33. The van der Waals surface area contributed by atoms with Crippen LogP contribution in [0.2, 0.25) is 0 Å². The quantitative estimate of drug-likeness (QED) is 0.734. The molecule has 0 spiro atoms. The van der Waals surface area contributed by atoms with E-state index in [1.165, 1.54) is 11.1 Å². The van der Waals surface area contributed by atoms with Gasteiger partial charge < -0.3 is 5.11 Å². The first-order chi connectivity index (χ1) is 10.6. The molecule has 108 valence electrons. The van der Waals surface area contributed by atoms with Crippen LogP contribution in [0.5, 0.6) is 0 Å². The lowest BCUT2D eigenvalue weighted by Gasteiger charge is -2.06. The van der Waals surface area contributed by atoms with Gasteiger partial charge in [0.1, 0.15) is 0 Å². The van der Waals surface area contributed by atoms with Crippen molar-refractivity contribution in [3.8, 4) is 22.3 Å². The van der Waals surface area contributed by atoms with Crippen LogP contribution in [0.15, 0.2) is 72.8 Å². The number of carboxylic acids is 1. The van der Waals surface area contributed by atoms with Gasteiger partial charge in [-0.15, -0.1) is 0 Å².